The minimum atomic E-state index is -4.38. The number of alkyl halides is 3. The standard InChI is InChI=1S/C18H15ClF3N3O/c1-11(12-5-7-13(8-6-12)18(20,21)22)24-16(26)9-25-10-23-15-4-2-3-14(19)17(15)25/h2-8,10-11H,9H2,1H3,(H,24,26). The summed E-state index contributed by atoms with van der Waals surface area (Å²) >= 11 is 6.16. The summed E-state index contributed by atoms with van der Waals surface area (Å²) in [5.41, 5.74) is 1.20. The Bertz CT molecular complexity index is 935. The van der Waals surface area contributed by atoms with E-state index >= 15 is 0 Å². The third-order valence-corrected chi connectivity index (χ3v) is 4.32. The number of fused-ring (bicyclic) bond motifs is 1. The minimum absolute atomic E-state index is 0.00517. The van der Waals surface area contributed by atoms with Gasteiger partial charge < -0.3 is 9.88 Å². The molecule has 0 radical (unpaired) electrons. The molecule has 0 saturated heterocycles. The number of nitrogens with zero attached hydrogens (tertiary/aromatic N) is 2. The van der Waals surface area contributed by atoms with Crippen molar-refractivity contribution in [3.63, 3.8) is 0 Å². The zero-order chi connectivity index (χ0) is 18.9. The summed E-state index contributed by atoms with van der Waals surface area (Å²) in [7, 11) is 0. The number of hydrogen-bond donors (Lipinski definition) is 1. The molecule has 0 bridgehead atoms. The Kier molecular flexibility index (Phi) is 4.91. The van der Waals surface area contributed by atoms with Gasteiger partial charge in [-0.15, -0.1) is 0 Å². The highest BCUT2D eigenvalue weighted by molar-refractivity contribution is 6.35. The minimum Gasteiger partial charge on any atom is -0.348 e. The maximum Gasteiger partial charge on any atom is 0.416 e. The fourth-order valence-corrected chi connectivity index (χ4v) is 2.97. The summed E-state index contributed by atoms with van der Waals surface area (Å²) in [4.78, 5) is 16.5. The molecule has 1 unspecified atom stereocenters. The molecule has 3 rings (SSSR count). The number of carbonyl (C=O) groups excluding carboxylic acids is 1. The van der Waals surface area contributed by atoms with Gasteiger partial charge in [-0.25, -0.2) is 4.98 Å². The van der Waals surface area contributed by atoms with Crippen LogP contribution in [-0.2, 0) is 17.5 Å². The number of rotatable bonds is 4. The summed E-state index contributed by atoms with van der Waals surface area (Å²) in [6.07, 6.45) is -2.86. The molecule has 1 aromatic heterocycles. The van der Waals surface area contributed by atoms with Crippen LogP contribution in [0.15, 0.2) is 48.8 Å². The van der Waals surface area contributed by atoms with E-state index in [1.807, 2.05) is 0 Å². The lowest BCUT2D eigenvalue weighted by atomic mass is 10.1. The number of carbonyl (C=O) groups is 1. The van der Waals surface area contributed by atoms with Crippen molar-refractivity contribution in [1.82, 2.24) is 14.9 Å². The lowest BCUT2D eigenvalue weighted by Crippen LogP contribution is -2.30. The summed E-state index contributed by atoms with van der Waals surface area (Å²) in [6, 6.07) is 9.56. The molecule has 0 aliphatic heterocycles. The molecule has 26 heavy (non-hydrogen) atoms. The van der Waals surface area contributed by atoms with Crippen molar-refractivity contribution in [3.8, 4) is 0 Å². The molecule has 8 heteroatoms. The van der Waals surface area contributed by atoms with Gasteiger partial charge in [-0.2, -0.15) is 13.2 Å². The van der Waals surface area contributed by atoms with Crippen LogP contribution >= 0.6 is 11.6 Å². The van der Waals surface area contributed by atoms with Gasteiger partial charge in [0.2, 0.25) is 5.91 Å². The first-order valence-electron chi connectivity index (χ1n) is 7.81. The Balaban J connectivity index is 1.69. The molecule has 1 N–H and O–H groups in total. The van der Waals surface area contributed by atoms with Crippen molar-refractivity contribution < 1.29 is 18.0 Å². The second kappa shape index (κ2) is 6.99. The number of amides is 1. The summed E-state index contributed by atoms with van der Waals surface area (Å²) in [5.74, 6) is -0.295. The topological polar surface area (TPSA) is 46.9 Å². The molecular weight excluding hydrogens is 367 g/mol. The first-order valence-corrected chi connectivity index (χ1v) is 8.19. The van der Waals surface area contributed by atoms with Crippen LogP contribution in [0.25, 0.3) is 11.0 Å². The maximum atomic E-state index is 12.6. The van der Waals surface area contributed by atoms with Crippen molar-refractivity contribution in [1.29, 1.82) is 0 Å². The average molecular weight is 382 g/mol. The lowest BCUT2D eigenvalue weighted by Gasteiger charge is -2.16. The highest BCUT2D eigenvalue weighted by Crippen LogP contribution is 2.30. The number of para-hydroxylation sites is 1. The van der Waals surface area contributed by atoms with Crippen LogP contribution in [0.3, 0.4) is 0 Å². The van der Waals surface area contributed by atoms with Gasteiger partial charge in [0.15, 0.2) is 0 Å². The Labute approximate surface area is 152 Å². The van der Waals surface area contributed by atoms with Crippen LogP contribution in [0.5, 0.6) is 0 Å². The molecule has 1 atom stereocenters. The zero-order valence-electron chi connectivity index (χ0n) is 13.7. The molecule has 1 heterocycles. The van der Waals surface area contributed by atoms with E-state index in [-0.39, 0.29) is 12.5 Å². The Morgan fingerprint density at radius 3 is 2.58 bits per heavy atom. The monoisotopic (exact) mass is 381 g/mol. The van der Waals surface area contributed by atoms with Crippen molar-refractivity contribution >= 4 is 28.5 Å². The van der Waals surface area contributed by atoms with E-state index in [2.05, 4.69) is 10.3 Å². The fourth-order valence-electron chi connectivity index (χ4n) is 2.69. The van der Waals surface area contributed by atoms with Crippen LogP contribution in [0.2, 0.25) is 5.02 Å². The first kappa shape index (κ1) is 18.3. The quantitative estimate of drug-likeness (QED) is 0.718. The molecule has 4 nitrogen and oxygen atoms in total. The van der Waals surface area contributed by atoms with Crippen LogP contribution in [-0.4, -0.2) is 15.5 Å². The number of hydrogen-bond acceptors (Lipinski definition) is 2. The molecule has 0 fully saturated rings. The van der Waals surface area contributed by atoms with E-state index < -0.39 is 17.8 Å². The number of aromatic nitrogens is 2. The predicted molar refractivity (Wildman–Crippen MR) is 92.7 cm³/mol. The molecule has 0 aliphatic carbocycles. The van der Waals surface area contributed by atoms with Gasteiger partial charge in [0.25, 0.3) is 0 Å². The summed E-state index contributed by atoms with van der Waals surface area (Å²) in [5, 5.41) is 3.25. The molecule has 3 aromatic rings. The SMILES string of the molecule is CC(NC(=O)Cn1cnc2cccc(Cl)c21)c1ccc(C(F)(F)F)cc1. The van der Waals surface area contributed by atoms with E-state index in [0.717, 1.165) is 12.1 Å². The number of benzene rings is 2. The first-order chi connectivity index (χ1) is 12.3. The molecule has 0 aliphatic rings. The highest BCUT2D eigenvalue weighted by Gasteiger charge is 2.30. The van der Waals surface area contributed by atoms with E-state index in [9.17, 15) is 18.0 Å². The smallest absolute Gasteiger partial charge is 0.348 e. The van der Waals surface area contributed by atoms with E-state index in [4.69, 9.17) is 11.6 Å². The van der Waals surface area contributed by atoms with Gasteiger partial charge >= 0.3 is 6.18 Å². The van der Waals surface area contributed by atoms with Gasteiger partial charge in [0.05, 0.1) is 34.0 Å². The van der Waals surface area contributed by atoms with Gasteiger partial charge in [0, 0.05) is 0 Å². The summed E-state index contributed by atoms with van der Waals surface area (Å²) in [6.45, 7) is 1.71. The van der Waals surface area contributed by atoms with Gasteiger partial charge in [-0.05, 0) is 36.8 Å². The largest absolute Gasteiger partial charge is 0.416 e. The molecule has 136 valence electrons. The van der Waals surface area contributed by atoms with Gasteiger partial charge in [0.1, 0.15) is 6.54 Å². The Morgan fingerprint density at radius 1 is 1.23 bits per heavy atom. The predicted octanol–water partition coefficient (Wildman–Crippen LogP) is 4.59. The normalized spacial score (nSPS) is 13.0. The molecular formula is C18H15ClF3N3O. The maximum absolute atomic E-state index is 12.6. The molecule has 2 aromatic carbocycles. The lowest BCUT2D eigenvalue weighted by molar-refractivity contribution is -0.137. The molecule has 1 amide bonds. The molecule has 0 saturated carbocycles. The summed E-state index contributed by atoms with van der Waals surface area (Å²) < 4.78 is 39.5. The highest BCUT2D eigenvalue weighted by atomic mass is 35.5. The Morgan fingerprint density at radius 2 is 1.92 bits per heavy atom. The van der Waals surface area contributed by atoms with Crippen molar-refractivity contribution in [3.05, 3.63) is 64.9 Å². The van der Waals surface area contributed by atoms with E-state index in [0.29, 0.717) is 21.6 Å². The van der Waals surface area contributed by atoms with Crippen molar-refractivity contribution in [2.45, 2.75) is 25.7 Å². The van der Waals surface area contributed by atoms with Crippen LogP contribution < -0.4 is 5.32 Å². The van der Waals surface area contributed by atoms with Crippen LogP contribution in [0, 0.1) is 0 Å². The number of imidazole rings is 1. The third kappa shape index (κ3) is 3.83. The second-order valence-corrected chi connectivity index (χ2v) is 6.30. The number of halogens is 4. The Hall–Kier alpha value is -2.54. The second-order valence-electron chi connectivity index (χ2n) is 5.89. The third-order valence-electron chi connectivity index (χ3n) is 4.02. The van der Waals surface area contributed by atoms with Gasteiger partial charge in [-0.3, -0.25) is 4.79 Å². The van der Waals surface area contributed by atoms with Crippen LogP contribution in [0.1, 0.15) is 24.1 Å². The number of nitrogens with one attached hydrogen (secondary N) is 1. The van der Waals surface area contributed by atoms with E-state index in [1.165, 1.54) is 18.5 Å². The van der Waals surface area contributed by atoms with Crippen LogP contribution in [0.4, 0.5) is 13.2 Å². The fraction of sp³-hybridized carbons (Fsp3) is 0.222. The molecule has 0 spiro atoms. The van der Waals surface area contributed by atoms with Crippen molar-refractivity contribution in [2.24, 2.45) is 0 Å². The van der Waals surface area contributed by atoms with Crippen molar-refractivity contribution in [2.75, 3.05) is 0 Å². The average Bonchev–Trinajstić information content (AvgIpc) is 2.98. The zero-order valence-corrected chi connectivity index (χ0v) is 14.5. The van der Waals surface area contributed by atoms with Gasteiger partial charge in [-0.1, -0.05) is 29.8 Å². The van der Waals surface area contributed by atoms with E-state index in [1.54, 1.807) is 29.7 Å².